The molecule has 1 aromatic heterocycles. The zero-order chi connectivity index (χ0) is 15.9. The lowest BCUT2D eigenvalue weighted by atomic mass is 9.98. The van der Waals surface area contributed by atoms with Gasteiger partial charge in [0.15, 0.2) is 5.82 Å². The molecule has 21 heavy (non-hydrogen) atoms. The van der Waals surface area contributed by atoms with E-state index >= 15 is 0 Å². The number of aromatic nitrogens is 2. The van der Waals surface area contributed by atoms with Gasteiger partial charge >= 0.3 is 6.03 Å². The number of urea groups is 1. The van der Waals surface area contributed by atoms with E-state index in [0.717, 1.165) is 13.1 Å². The van der Waals surface area contributed by atoms with E-state index in [1.54, 1.807) is 10.7 Å². The predicted molar refractivity (Wildman–Crippen MR) is 83.3 cm³/mol. The quantitative estimate of drug-likeness (QED) is 0.671. The van der Waals surface area contributed by atoms with E-state index in [2.05, 4.69) is 20.6 Å². The van der Waals surface area contributed by atoms with Gasteiger partial charge in [0.25, 0.3) is 0 Å². The number of anilines is 1. The third-order valence-electron chi connectivity index (χ3n) is 3.55. The van der Waals surface area contributed by atoms with Gasteiger partial charge in [-0.05, 0) is 26.9 Å². The Kier molecular flexibility index (Phi) is 6.64. The number of carbonyl (C=O) groups excluding carboxylic acids is 1. The summed E-state index contributed by atoms with van der Waals surface area (Å²) < 4.78 is 1.78. The van der Waals surface area contributed by atoms with Crippen LogP contribution in [0.15, 0.2) is 12.3 Å². The molecule has 0 unspecified atom stereocenters. The first kappa shape index (κ1) is 17.5. The number of nitrogens with one attached hydrogen (secondary N) is 2. The van der Waals surface area contributed by atoms with Crippen molar-refractivity contribution >= 4 is 11.8 Å². The van der Waals surface area contributed by atoms with Gasteiger partial charge in [-0.3, -0.25) is 10.00 Å². The van der Waals surface area contributed by atoms with Gasteiger partial charge in [0.2, 0.25) is 0 Å². The molecule has 0 spiro atoms. The van der Waals surface area contributed by atoms with Crippen molar-refractivity contribution in [2.45, 2.75) is 38.8 Å². The lowest BCUT2D eigenvalue weighted by Gasteiger charge is -2.25. The van der Waals surface area contributed by atoms with Crippen LogP contribution >= 0.6 is 0 Å². The van der Waals surface area contributed by atoms with Crippen LogP contribution in [-0.4, -0.2) is 58.6 Å². The van der Waals surface area contributed by atoms with Crippen molar-refractivity contribution < 1.29 is 9.90 Å². The topological polar surface area (TPSA) is 82.4 Å². The Bertz CT molecular complexity index is 440. The predicted octanol–water partition coefficient (Wildman–Crippen LogP) is 1.12. The van der Waals surface area contributed by atoms with E-state index in [4.69, 9.17) is 0 Å². The average molecular weight is 297 g/mol. The molecule has 0 saturated heterocycles. The highest BCUT2D eigenvalue weighted by Gasteiger charge is 2.22. The van der Waals surface area contributed by atoms with Crippen molar-refractivity contribution in [3.05, 3.63) is 12.3 Å². The second-order valence-electron chi connectivity index (χ2n) is 5.51. The second kappa shape index (κ2) is 7.99. The van der Waals surface area contributed by atoms with Crippen molar-refractivity contribution in [1.29, 1.82) is 0 Å². The summed E-state index contributed by atoms with van der Waals surface area (Å²) >= 11 is 0. The number of nitrogens with zero attached hydrogens (tertiary/aromatic N) is 3. The summed E-state index contributed by atoms with van der Waals surface area (Å²) in [6, 6.07) is 1.40. The minimum absolute atomic E-state index is 0.229. The van der Waals surface area contributed by atoms with Crippen LogP contribution in [0.2, 0.25) is 0 Å². The summed E-state index contributed by atoms with van der Waals surface area (Å²) in [4.78, 5) is 13.8. The van der Waals surface area contributed by atoms with Crippen LogP contribution in [0.5, 0.6) is 0 Å². The van der Waals surface area contributed by atoms with E-state index in [1.165, 1.54) is 0 Å². The molecule has 1 aromatic rings. The Labute approximate surface area is 126 Å². The van der Waals surface area contributed by atoms with E-state index in [9.17, 15) is 9.90 Å². The fourth-order valence-electron chi connectivity index (χ4n) is 1.76. The molecule has 7 heteroatoms. The summed E-state index contributed by atoms with van der Waals surface area (Å²) in [5, 5.41) is 19.7. The summed E-state index contributed by atoms with van der Waals surface area (Å²) in [5.41, 5.74) is -0.845. The fourth-order valence-corrected chi connectivity index (χ4v) is 1.76. The van der Waals surface area contributed by atoms with Crippen LogP contribution < -0.4 is 10.6 Å². The molecular formula is C14H27N5O2. The molecule has 0 saturated carbocycles. The molecule has 0 aromatic carbocycles. The minimum Gasteiger partial charge on any atom is -0.388 e. The minimum atomic E-state index is -0.845. The Hall–Kier alpha value is -1.60. The molecule has 0 atom stereocenters. The Morgan fingerprint density at radius 3 is 2.67 bits per heavy atom. The van der Waals surface area contributed by atoms with E-state index < -0.39 is 5.60 Å². The van der Waals surface area contributed by atoms with Crippen LogP contribution in [0, 0.1) is 0 Å². The van der Waals surface area contributed by atoms with Gasteiger partial charge in [0.05, 0.1) is 12.1 Å². The third kappa shape index (κ3) is 6.14. The Morgan fingerprint density at radius 2 is 2.10 bits per heavy atom. The van der Waals surface area contributed by atoms with Crippen molar-refractivity contribution in [2.24, 2.45) is 0 Å². The van der Waals surface area contributed by atoms with Gasteiger partial charge in [-0.25, -0.2) is 4.79 Å². The van der Waals surface area contributed by atoms with E-state index in [0.29, 0.717) is 18.7 Å². The lowest BCUT2D eigenvalue weighted by Crippen LogP contribution is -2.43. The zero-order valence-electron chi connectivity index (χ0n) is 13.4. The van der Waals surface area contributed by atoms with Crippen LogP contribution in [-0.2, 0) is 6.54 Å². The molecule has 3 N–H and O–H groups in total. The van der Waals surface area contributed by atoms with E-state index in [1.807, 2.05) is 34.1 Å². The summed E-state index contributed by atoms with van der Waals surface area (Å²) in [6.45, 7) is 5.67. The normalized spacial score (nSPS) is 11.7. The van der Waals surface area contributed by atoms with Gasteiger partial charge in [-0.15, -0.1) is 0 Å². The standard InChI is InChI=1S/C14H27N5O2/c1-5-14(21,6-2)11-15-13(20)16-12-7-8-19(17-12)10-9-18(3)4/h7-8,21H,5-6,9-11H2,1-4H3,(H2,15,16,17,20). The zero-order valence-corrected chi connectivity index (χ0v) is 13.4. The first-order valence-electron chi connectivity index (χ1n) is 7.34. The summed E-state index contributed by atoms with van der Waals surface area (Å²) in [6.07, 6.45) is 3.03. The molecule has 2 amide bonds. The maximum absolute atomic E-state index is 11.8. The van der Waals surface area contributed by atoms with Crippen LogP contribution in [0.4, 0.5) is 10.6 Å². The van der Waals surface area contributed by atoms with Crippen LogP contribution in [0.25, 0.3) is 0 Å². The highest BCUT2D eigenvalue weighted by atomic mass is 16.3. The third-order valence-corrected chi connectivity index (χ3v) is 3.55. The van der Waals surface area contributed by atoms with Crippen LogP contribution in [0.1, 0.15) is 26.7 Å². The molecular weight excluding hydrogens is 270 g/mol. The van der Waals surface area contributed by atoms with Gasteiger partial charge < -0.3 is 15.3 Å². The van der Waals surface area contributed by atoms with Gasteiger partial charge in [-0.2, -0.15) is 5.10 Å². The SMILES string of the molecule is CCC(O)(CC)CNC(=O)Nc1ccn(CCN(C)C)n1. The second-order valence-corrected chi connectivity index (χ2v) is 5.51. The van der Waals surface area contributed by atoms with Gasteiger partial charge in [0.1, 0.15) is 0 Å². The number of amides is 2. The van der Waals surface area contributed by atoms with Crippen LogP contribution in [0.3, 0.4) is 0 Å². The Balaban J connectivity index is 2.41. The maximum atomic E-state index is 11.8. The molecule has 120 valence electrons. The average Bonchev–Trinajstić information content (AvgIpc) is 2.90. The number of aliphatic hydroxyl groups is 1. The molecule has 0 fully saturated rings. The summed E-state index contributed by atoms with van der Waals surface area (Å²) in [5.74, 6) is 0.503. The smallest absolute Gasteiger partial charge is 0.320 e. The van der Waals surface area contributed by atoms with Crippen molar-refractivity contribution in [2.75, 3.05) is 32.5 Å². The lowest BCUT2D eigenvalue weighted by molar-refractivity contribution is 0.0354. The largest absolute Gasteiger partial charge is 0.388 e. The van der Waals surface area contributed by atoms with E-state index in [-0.39, 0.29) is 12.6 Å². The summed E-state index contributed by atoms with van der Waals surface area (Å²) in [7, 11) is 4.00. The number of hydrogen-bond acceptors (Lipinski definition) is 4. The molecule has 0 aliphatic rings. The highest BCUT2D eigenvalue weighted by Crippen LogP contribution is 2.12. The van der Waals surface area contributed by atoms with Gasteiger partial charge in [0, 0.05) is 25.4 Å². The molecule has 0 bridgehead atoms. The molecule has 7 nitrogen and oxygen atoms in total. The number of likely N-dealkylation sites (N-methyl/N-ethyl adjacent to an activating group) is 1. The van der Waals surface area contributed by atoms with Crippen molar-refractivity contribution in [3.63, 3.8) is 0 Å². The molecule has 1 rings (SSSR count). The fraction of sp³-hybridized carbons (Fsp3) is 0.714. The number of hydrogen-bond donors (Lipinski definition) is 3. The van der Waals surface area contributed by atoms with Crippen molar-refractivity contribution in [1.82, 2.24) is 20.0 Å². The number of rotatable bonds is 8. The number of carbonyl (C=O) groups is 1. The monoisotopic (exact) mass is 297 g/mol. The first-order valence-corrected chi connectivity index (χ1v) is 7.34. The molecule has 1 heterocycles. The molecule has 0 aliphatic heterocycles. The molecule has 0 aliphatic carbocycles. The van der Waals surface area contributed by atoms with Gasteiger partial charge in [-0.1, -0.05) is 13.8 Å². The highest BCUT2D eigenvalue weighted by molar-refractivity contribution is 5.88. The first-order chi connectivity index (χ1) is 9.88. The Morgan fingerprint density at radius 1 is 1.43 bits per heavy atom. The maximum Gasteiger partial charge on any atom is 0.320 e. The molecule has 0 radical (unpaired) electrons. The van der Waals surface area contributed by atoms with Crippen molar-refractivity contribution in [3.8, 4) is 0 Å².